The first-order chi connectivity index (χ1) is 12.8. The van der Waals surface area contributed by atoms with Crippen molar-refractivity contribution in [2.75, 3.05) is 6.61 Å². The number of hydrogen-bond acceptors (Lipinski definition) is 3. The number of aryl methyl sites for hydroxylation is 3. The van der Waals surface area contributed by atoms with Crippen LogP contribution in [0.4, 0.5) is 0 Å². The average molecular weight is 384 g/mol. The second-order valence-electron chi connectivity index (χ2n) is 6.75. The maximum Gasteiger partial charge on any atom is 0.343 e. The summed E-state index contributed by atoms with van der Waals surface area (Å²) in [6, 6.07) is 11.1. The van der Waals surface area contributed by atoms with Crippen LogP contribution >= 0.6 is 11.6 Å². The predicted molar refractivity (Wildman–Crippen MR) is 109 cm³/mol. The van der Waals surface area contributed by atoms with Gasteiger partial charge >= 0.3 is 5.97 Å². The molecule has 0 radical (unpaired) electrons. The summed E-state index contributed by atoms with van der Waals surface area (Å²) in [6.45, 7) is 8.43. The molecule has 0 spiro atoms. The molecule has 0 aliphatic rings. The molecule has 1 aromatic heterocycles. The number of fused-ring (bicyclic) bond motifs is 1. The van der Waals surface area contributed by atoms with Gasteiger partial charge in [0.15, 0.2) is 0 Å². The van der Waals surface area contributed by atoms with Crippen LogP contribution in [-0.4, -0.2) is 17.1 Å². The molecule has 4 nitrogen and oxygen atoms in total. The molecule has 3 rings (SSSR count). The highest BCUT2D eigenvalue weighted by Crippen LogP contribution is 2.23. The van der Waals surface area contributed by atoms with Gasteiger partial charge in [-0.05, 0) is 68.7 Å². The summed E-state index contributed by atoms with van der Waals surface area (Å²) in [7, 11) is 0. The first-order valence-corrected chi connectivity index (χ1v) is 9.26. The van der Waals surface area contributed by atoms with E-state index >= 15 is 0 Å². The van der Waals surface area contributed by atoms with Crippen molar-refractivity contribution in [1.82, 2.24) is 4.57 Å². The standard InChI is InChI=1S/C22H22ClNO3/c1-5-27-22(26)18-11-16-10-17(23)6-7-20(16)24(21(18)25)12-19-14(3)8-13(2)9-15(19)4/h6-11H,5,12H2,1-4H3. The third-order valence-corrected chi connectivity index (χ3v) is 4.94. The van der Waals surface area contributed by atoms with E-state index in [1.54, 1.807) is 29.7 Å². The van der Waals surface area contributed by atoms with E-state index in [-0.39, 0.29) is 17.7 Å². The third-order valence-electron chi connectivity index (χ3n) is 4.71. The molecule has 0 aliphatic carbocycles. The average Bonchev–Trinajstić information content (AvgIpc) is 2.59. The van der Waals surface area contributed by atoms with Crippen LogP contribution in [0.3, 0.4) is 0 Å². The summed E-state index contributed by atoms with van der Waals surface area (Å²) in [5.74, 6) is -0.615. The Labute approximate surface area is 163 Å². The Morgan fingerprint density at radius 3 is 2.37 bits per heavy atom. The topological polar surface area (TPSA) is 48.3 Å². The Morgan fingerprint density at radius 1 is 1.07 bits per heavy atom. The Hall–Kier alpha value is -2.59. The highest BCUT2D eigenvalue weighted by molar-refractivity contribution is 6.31. The minimum Gasteiger partial charge on any atom is -0.462 e. The zero-order valence-electron chi connectivity index (χ0n) is 15.9. The van der Waals surface area contributed by atoms with E-state index in [1.807, 2.05) is 19.9 Å². The Balaban J connectivity index is 2.26. The molecule has 0 unspecified atom stereocenters. The van der Waals surface area contributed by atoms with Crippen molar-refractivity contribution in [1.29, 1.82) is 0 Å². The van der Waals surface area contributed by atoms with Crippen molar-refractivity contribution >= 4 is 28.5 Å². The SMILES string of the molecule is CCOC(=O)c1cc2cc(Cl)ccc2n(Cc2c(C)cc(C)cc2C)c1=O. The number of nitrogens with zero attached hydrogens (tertiary/aromatic N) is 1. The van der Waals surface area contributed by atoms with Crippen LogP contribution in [0.5, 0.6) is 0 Å². The fraction of sp³-hybridized carbons (Fsp3) is 0.273. The van der Waals surface area contributed by atoms with Crippen LogP contribution in [0.2, 0.25) is 5.02 Å². The molecule has 27 heavy (non-hydrogen) atoms. The predicted octanol–water partition coefficient (Wildman–Crippen LogP) is 4.81. The molecular weight excluding hydrogens is 362 g/mol. The zero-order valence-corrected chi connectivity index (χ0v) is 16.7. The molecule has 0 fully saturated rings. The Bertz CT molecular complexity index is 1080. The summed E-state index contributed by atoms with van der Waals surface area (Å²) in [4.78, 5) is 25.4. The first-order valence-electron chi connectivity index (χ1n) is 8.88. The summed E-state index contributed by atoms with van der Waals surface area (Å²) < 4.78 is 6.70. The summed E-state index contributed by atoms with van der Waals surface area (Å²) in [5.41, 5.74) is 4.87. The number of rotatable bonds is 4. The van der Waals surface area contributed by atoms with Gasteiger partial charge in [0.2, 0.25) is 0 Å². The molecule has 0 atom stereocenters. The first kappa shape index (κ1) is 19.2. The number of esters is 1. The molecule has 3 aromatic rings. The quantitative estimate of drug-likeness (QED) is 0.608. The third kappa shape index (κ3) is 3.76. The Morgan fingerprint density at radius 2 is 1.74 bits per heavy atom. The maximum atomic E-state index is 13.1. The van der Waals surface area contributed by atoms with Gasteiger partial charge in [-0.15, -0.1) is 0 Å². The monoisotopic (exact) mass is 383 g/mol. The van der Waals surface area contributed by atoms with Crippen molar-refractivity contribution in [3.63, 3.8) is 0 Å². The maximum absolute atomic E-state index is 13.1. The molecule has 0 saturated heterocycles. The van der Waals surface area contributed by atoms with E-state index in [0.717, 1.165) is 27.6 Å². The highest BCUT2D eigenvalue weighted by atomic mass is 35.5. The van der Waals surface area contributed by atoms with Gasteiger partial charge in [-0.25, -0.2) is 4.79 Å². The molecule has 2 aromatic carbocycles. The van der Waals surface area contributed by atoms with Crippen molar-refractivity contribution in [3.8, 4) is 0 Å². The number of carbonyl (C=O) groups excluding carboxylic acids is 1. The van der Waals surface area contributed by atoms with Gasteiger partial charge in [-0.3, -0.25) is 4.79 Å². The van der Waals surface area contributed by atoms with Gasteiger partial charge in [0.1, 0.15) is 5.56 Å². The van der Waals surface area contributed by atoms with E-state index in [0.29, 0.717) is 11.6 Å². The molecule has 0 bridgehead atoms. The van der Waals surface area contributed by atoms with Crippen molar-refractivity contribution in [2.24, 2.45) is 0 Å². The van der Waals surface area contributed by atoms with Crippen LogP contribution in [-0.2, 0) is 11.3 Å². The number of hydrogen-bond donors (Lipinski definition) is 0. The van der Waals surface area contributed by atoms with Crippen LogP contribution in [0.25, 0.3) is 10.9 Å². The number of benzene rings is 2. The van der Waals surface area contributed by atoms with Gasteiger partial charge in [0.05, 0.1) is 18.7 Å². The minimum absolute atomic E-state index is 0.0223. The van der Waals surface area contributed by atoms with Crippen LogP contribution in [0, 0.1) is 20.8 Å². The van der Waals surface area contributed by atoms with Gasteiger partial charge in [0.25, 0.3) is 5.56 Å². The fourth-order valence-corrected chi connectivity index (χ4v) is 3.67. The van der Waals surface area contributed by atoms with E-state index in [2.05, 4.69) is 19.1 Å². The lowest BCUT2D eigenvalue weighted by molar-refractivity contribution is 0.0524. The van der Waals surface area contributed by atoms with E-state index < -0.39 is 5.97 Å². The lowest BCUT2D eigenvalue weighted by Crippen LogP contribution is -2.28. The van der Waals surface area contributed by atoms with E-state index in [4.69, 9.17) is 16.3 Å². The molecule has 140 valence electrons. The van der Waals surface area contributed by atoms with Crippen molar-refractivity contribution in [3.05, 3.63) is 79.6 Å². The van der Waals surface area contributed by atoms with Crippen molar-refractivity contribution < 1.29 is 9.53 Å². The minimum atomic E-state index is -0.615. The molecular formula is C22H22ClNO3. The van der Waals surface area contributed by atoms with Gasteiger partial charge in [-0.2, -0.15) is 0 Å². The number of ether oxygens (including phenoxy) is 1. The van der Waals surface area contributed by atoms with E-state index in [1.165, 1.54) is 5.56 Å². The number of aromatic nitrogens is 1. The molecule has 0 saturated carbocycles. The van der Waals surface area contributed by atoms with Gasteiger partial charge in [-0.1, -0.05) is 29.3 Å². The fourth-order valence-electron chi connectivity index (χ4n) is 3.49. The summed E-state index contributed by atoms with van der Waals surface area (Å²) >= 11 is 6.13. The second kappa shape index (κ2) is 7.57. The van der Waals surface area contributed by atoms with Gasteiger partial charge < -0.3 is 9.30 Å². The molecule has 5 heteroatoms. The lowest BCUT2D eigenvalue weighted by atomic mass is 9.99. The molecule has 0 amide bonds. The zero-order chi connectivity index (χ0) is 19.7. The molecule has 0 aliphatic heterocycles. The second-order valence-corrected chi connectivity index (χ2v) is 7.19. The lowest BCUT2D eigenvalue weighted by Gasteiger charge is -2.16. The van der Waals surface area contributed by atoms with Crippen LogP contribution in [0.1, 0.15) is 39.5 Å². The van der Waals surface area contributed by atoms with Crippen LogP contribution < -0.4 is 5.56 Å². The number of pyridine rings is 1. The van der Waals surface area contributed by atoms with Gasteiger partial charge in [0, 0.05) is 10.4 Å². The molecule has 0 N–H and O–H groups in total. The number of halogens is 1. The summed E-state index contributed by atoms with van der Waals surface area (Å²) in [5, 5.41) is 1.28. The molecule has 1 heterocycles. The van der Waals surface area contributed by atoms with Crippen LogP contribution in [0.15, 0.2) is 41.2 Å². The Kier molecular flexibility index (Phi) is 5.38. The normalized spacial score (nSPS) is 11.0. The summed E-state index contributed by atoms with van der Waals surface area (Å²) in [6.07, 6.45) is 0. The largest absolute Gasteiger partial charge is 0.462 e. The number of carbonyl (C=O) groups is 1. The van der Waals surface area contributed by atoms with E-state index in [9.17, 15) is 9.59 Å². The van der Waals surface area contributed by atoms with Crippen molar-refractivity contribution in [2.45, 2.75) is 34.2 Å². The highest BCUT2D eigenvalue weighted by Gasteiger charge is 2.18. The smallest absolute Gasteiger partial charge is 0.343 e.